The molecule has 0 unspecified atom stereocenters. The van der Waals surface area contributed by atoms with Crippen LogP contribution in [-0.2, 0) is 14.8 Å². The molecule has 1 aromatic heterocycles. The Balaban J connectivity index is 2.06. The fourth-order valence-electron chi connectivity index (χ4n) is 1.66. The van der Waals surface area contributed by atoms with Gasteiger partial charge in [-0.05, 0) is 43.3 Å². The number of amides is 1. The van der Waals surface area contributed by atoms with E-state index >= 15 is 0 Å². The van der Waals surface area contributed by atoms with Crippen molar-refractivity contribution < 1.29 is 13.2 Å². The van der Waals surface area contributed by atoms with Gasteiger partial charge in [-0.25, -0.2) is 4.83 Å². The monoisotopic (exact) mass is 337 g/mol. The van der Waals surface area contributed by atoms with Gasteiger partial charge in [-0.3, -0.25) is 4.79 Å². The number of hydrogen-bond donors (Lipinski definition) is 2. The number of carbonyl (C=O) groups is 1. The predicted octanol–water partition coefficient (Wildman–Crippen LogP) is 2.33. The van der Waals surface area contributed by atoms with Crippen molar-refractivity contribution in [1.82, 2.24) is 4.83 Å². The number of thiophene rings is 1. The van der Waals surface area contributed by atoms with Crippen LogP contribution in [0.15, 0.2) is 46.4 Å². The molecule has 0 atom stereocenters. The van der Waals surface area contributed by atoms with Gasteiger partial charge in [-0.1, -0.05) is 0 Å². The topological polar surface area (TPSA) is 87.6 Å². The molecule has 22 heavy (non-hydrogen) atoms. The molecule has 2 N–H and O–H groups in total. The number of hydrogen-bond acceptors (Lipinski definition) is 5. The molecule has 1 amide bonds. The number of nitrogens with zero attached hydrogens (tertiary/aromatic N) is 1. The lowest BCUT2D eigenvalue weighted by Crippen LogP contribution is -2.18. The number of anilines is 1. The van der Waals surface area contributed by atoms with E-state index < -0.39 is 10.0 Å². The van der Waals surface area contributed by atoms with Gasteiger partial charge in [0.1, 0.15) is 0 Å². The Hall–Kier alpha value is -2.19. The number of sulfonamides is 1. The van der Waals surface area contributed by atoms with Crippen molar-refractivity contribution in [3.05, 3.63) is 46.2 Å². The normalized spacial score (nSPS) is 11.5. The first-order chi connectivity index (χ1) is 10.4. The quantitative estimate of drug-likeness (QED) is 0.648. The Morgan fingerprint density at radius 1 is 1.18 bits per heavy atom. The molecule has 0 bridgehead atoms. The summed E-state index contributed by atoms with van der Waals surface area (Å²) in [7, 11) is -3.72. The lowest BCUT2D eigenvalue weighted by molar-refractivity contribution is -0.114. The van der Waals surface area contributed by atoms with E-state index in [4.69, 9.17) is 0 Å². The molecule has 2 rings (SSSR count). The van der Waals surface area contributed by atoms with Gasteiger partial charge < -0.3 is 5.32 Å². The second-order valence-corrected chi connectivity index (χ2v) is 7.49. The summed E-state index contributed by atoms with van der Waals surface area (Å²) in [4.78, 5) is 15.1. The molecular weight excluding hydrogens is 322 g/mol. The molecule has 1 heterocycles. The predicted molar refractivity (Wildman–Crippen MR) is 87.7 cm³/mol. The highest BCUT2D eigenvalue weighted by atomic mass is 32.2. The molecular formula is C14H15N3O3S2. The largest absolute Gasteiger partial charge is 0.326 e. The Morgan fingerprint density at radius 3 is 2.41 bits per heavy atom. The molecule has 0 aliphatic rings. The van der Waals surface area contributed by atoms with Crippen LogP contribution in [0.1, 0.15) is 16.7 Å². The van der Waals surface area contributed by atoms with Crippen molar-refractivity contribution in [1.29, 1.82) is 0 Å². The number of hydrazone groups is 1. The molecule has 116 valence electrons. The van der Waals surface area contributed by atoms with E-state index in [-0.39, 0.29) is 10.8 Å². The summed E-state index contributed by atoms with van der Waals surface area (Å²) < 4.78 is 24.1. The van der Waals surface area contributed by atoms with Crippen molar-refractivity contribution in [3.8, 4) is 0 Å². The fourth-order valence-corrected chi connectivity index (χ4v) is 3.20. The first-order valence-corrected chi connectivity index (χ1v) is 8.66. The molecule has 2 aromatic rings. The van der Waals surface area contributed by atoms with E-state index in [0.29, 0.717) is 5.69 Å². The van der Waals surface area contributed by atoms with E-state index in [9.17, 15) is 13.2 Å². The number of benzene rings is 1. The second-order valence-electron chi connectivity index (χ2n) is 4.51. The first kappa shape index (κ1) is 16.2. The van der Waals surface area contributed by atoms with E-state index in [1.165, 1.54) is 48.7 Å². The highest BCUT2D eigenvalue weighted by Crippen LogP contribution is 2.15. The number of carbonyl (C=O) groups excluding carboxylic acids is 1. The van der Waals surface area contributed by atoms with Crippen LogP contribution in [0.2, 0.25) is 0 Å². The highest BCUT2D eigenvalue weighted by Gasteiger charge is 2.12. The van der Waals surface area contributed by atoms with E-state index in [1.807, 2.05) is 19.1 Å². The molecule has 0 spiro atoms. The van der Waals surface area contributed by atoms with Crippen LogP contribution in [-0.4, -0.2) is 20.5 Å². The van der Waals surface area contributed by atoms with Crippen LogP contribution in [0, 0.1) is 6.92 Å². The number of rotatable bonds is 5. The Labute approximate surface area is 132 Å². The third kappa shape index (κ3) is 4.40. The maximum atomic E-state index is 12.1. The van der Waals surface area contributed by atoms with Crippen LogP contribution >= 0.6 is 11.3 Å². The first-order valence-electron chi connectivity index (χ1n) is 6.36. The van der Waals surface area contributed by atoms with Gasteiger partial charge in [0.2, 0.25) is 5.91 Å². The minimum Gasteiger partial charge on any atom is -0.326 e. The Bertz CT molecular complexity index is 793. The van der Waals surface area contributed by atoms with E-state index in [0.717, 1.165) is 9.75 Å². The van der Waals surface area contributed by atoms with Crippen LogP contribution in [0.4, 0.5) is 5.69 Å². The van der Waals surface area contributed by atoms with Gasteiger partial charge in [-0.2, -0.15) is 13.5 Å². The molecule has 0 aliphatic carbocycles. The standard InChI is InChI=1S/C14H15N3O3S2/c1-10-3-6-13(21-10)9-15-17-22(19,20)14-7-4-12(5-8-14)16-11(2)18/h3-9,17H,1-2H3,(H,16,18)/b15-9+. The van der Waals surface area contributed by atoms with Crippen LogP contribution < -0.4 is 10.1 Å². The van der Waals surface area contributed by atoms with Crippen molar-refractivity contribution in [2.75, 3.05) is 5.32 Å². The van der Waals surface area contributed by atoms with E-state index in [2.05, 4.69) is 15.2 Å². The summed E-state index contributed by atoms with van der Waals surface area (Å²) in [6.45, 7) is 3.34. The highest BCUT2D eigenvalue weighted by molar-refractivity contribution is 7.89. The zero-order valence-electron chi connectivity index (χ0n) is 12.0. The second kappa shape index (κ2) is 6.71. The van der Waals surface area contributed by atoms with Crippen molar-refractivity contribution in [2.24, 2.45) is 5.10 Å². The number of aryl methyl sites for hydroxylation is 1. The van der Waals surface area contributed by atoms with E-state index in [1.54, 1.807) is 0 Å². The molecule has 8 heteroatoms. The number of nitrogens with one attached hydrogen (secondary N) is 2. The Morgan fingerprint density at radius 2 is 1.86 bits per heavy atom. The van der Waals surface area contributed by atoms with Crippen molar-refractivity contribution in [3.63, 3.8) is 0 Å². The summed E-state index contributed by atoms with van der Waals surface area (Å²) in [6, 6.07) is 9.63. The smallest absolute Gasteiger partial charge is 0.276 e. The van der Waals surface area contributed by atoms with Gasteiger partial charge in [-0.15, -0.1) is 11.3 Å². The minimum absolute atomic E-state index is 0.0705. The van der Waals surface area contributed by atoms with Gasteiger partial charge in [0, 0.05) is 22.4 Å². The molecule has 0 saturated heterocycles. The average molecular weight is 337 g/mol. The molecule has 0 fully saturated rings. The summed E-state index contributed by atoms with van der Waals surface area (Å²) in [6.07, 6.45) is 1.46. The third-order valence-electron chi connectivity index (χ3n) is 2.61. The minimum atomic E-state index is -3.72. The lowest BCUT2D eigenvalue weighted by atomic mass is 10.3. The lowest BCUT2D eigenvalue weighted by Gasteiger charge is -2.05. The molecule has 0 aliphatic heterocycles. The maximum Gasteiger partial charge on any atom is 0.276 e. The van der Waals surface area contributed by atoms with Gasteiger partial charge in [0.15, 0.2) is 0 Å². The zero-order chi connectivity index (χ0) is 16.2. The summed E-state index contributed by atoms with van der Waals surface area (Å²) in [5, 5.41) is 6.32. The van der Waals surface area contributed by atoms with Gasteiger partial charge in [0.25, 0.3) is 10.0 Å². The molecule has 0 saturated carbocycles. The molecule has 1 aromatic carbocycles. The maximum absolute atomic E-state index is 12.1. The van der Waals surface area contributed by atoms with Crippen molar-refractivity contribution in [2.45, 2.75) is 18.7 Å². The average Bonchev–Trinajstić information content (AvgIpc) is 2.84. The zero-order valence-corrected chi connectivity index (χ0v) is 13.7. The summed E-state index contributed by atoms with van der Waals surface area (Å²) >= 11 is 1.52. The SMILES string of the molecule is CC(=O)Nc1ccc(S(=O)(=O)N/N=C/c2ccc(C)s2)cc1. The van der Waals surface area contributed by atoms with Crippen molar-refractivity contribution >= 4 is 39.2 Å². The summed E-state index contributed by atoms with van der Waals surface area (Å²) in [5.74, 6) is -0.218. The third-order valence-corrected chi connectivity index (χ3v) is 4.78. The Kier molecular flexibility index (Phi) is 4.94. The molecule has 6 nitrogen and oxygen atoms in total. The van der Waals surface area contributed by atoms with Crippen LogP contribution in [0.3, 0.4) is 0 Å². The molecule has 0 radical (unpaired) electrons. The van der Waals surface area contributed by atoms with Gasteiger partial charge >= 0.3 is 0 Å². The van der Waals surface area contributed by atoms with Gasteiger partial charge in [0.05, 0.1) is 11.1 Å². The van der Waals surface area contributed by atoms with Crippen LogP contribution in [0.5, 0.6) is 0 Å². The summed E-state index contributed by atoms with van der Waals surface area (Å²) in [5.41, 5.74) is 0.531. The van der Waals surface area contributed by atoms with Crippen LogP contribution in [0.25, 0.3) is 0 Å². The fraction of sp³-hybridized carbons (Fsp3) is 0.143.